The molecule has 5 nitrogen and oxygen atoms in total. The summed E-state index contributed by atoms with van der Waals surface area (Å²) in [4.78, 5) is 0. The fourth-order valence-corrected chi connectivity index (χ4v) is 1.13. The zero-order valence-corrected chi connectivity index (χ0v) is 6.96. The molecular formula is C8H12O5. The minimum Gasteiger partial charge on any atom is -0.394 e. The van der Waals surface area contributed by atoms with Crippen LogP contribution in [-0.2, 0) is 9.47 Å². The molecule has 0 spiro atoms. The third-order valence-electron chi connectivity index (χ3n) is 1.83. The molecule has 3 N–H and O–H groups in total. The first kappa shape index (κ1) is 10.4. The van der Waals surface area contributed by atoms with Gasteiger partial charge in [0.1, 0.15) is 24.9 Å². The molecule has 74 valence electrons. The smallest absolute Gasteiger partial charge is 0.187 e. The molecule has 1 saturated heterocycles. The highest BCUT2D eigenvalue weighted by Crippen LogP contribution is 2.21. The normalized spacial score (nSPS) is 38.9. The van der Waals surface area contributed by atoms with Gasteiger partial charge in [-0.2, -0.15) is 0 Å². The fourth-order valence-electron chi connectivity index (χ4n) is 1.13. The number of hydrogen-bond acceptors (Lipinski definition) is 5. The summed E-state index contributed by atoms with van der Waals surface area (Å²) in [5.41, 5.74) is 0. The van der Waals surface area contributed by atoms with Gasteiger partial charge >= 0.3 is 0 Å². The van der Waals surface area contributed by atoms with Crippen LogP contribution in [0, 0.1) is 12.3 Å². The van der Waals surface area contributed by atoms with Crippen LogP contribution >= 0.6 is 0 Å². The van der Waals surface area contributed by atoms with Crippen molar-refractivity contribution in [1.82, 2.24) is 0 Å². The van der Waals surface area contributed by atoms with Crippen molar-refractivity contribution in [3.05, 3.63) is 0 Å². The molecule has 1 rings (SSSR count). The van der Waals surface area contributed by atoms with Gasteiger partial charge in [-0.05, 0) is 0 Å². The lowest BCUT2D eigenvalue weighted by molar-refractivity contribution is -0.161. The van der Waals surface area contributed by atoms with Crippen LogP contribution in [0.3, 0.4) is 0 Å². The van der Waals surface area contributed by atoms with E-state index in [9.17, 15) is 10.2 Å². The van der Waals surface area contributed by atoms with E-state index in [1.807, 2.05) is 0 Å². The van der Waals surface area contributed by atoms with Gasteiger partial charge in [0, 0.05) is 0 Å². The van der Waals surface area contributed by atoms with Crippen LogP contribution in [0.25, 0.3) is 0 Å². The lowest BCUT2D eigenvalue weighted by atomic mass is 10.1. The van der Waals surface area contributed by atoms with Crippen molar-refractivity contribution >= 4 is 0 Å². The number of aliphatic hydroxyl groups is 3. The van der Waals surface area contributed by atoms with Crippen LogP contribution in [0.15, 0.2) is 0 Å². The number of aliphatic hydroxyl groups excluding tert-OH is 3. The van der Waals surface area contributed by atoms with Crippen molar-refractivity contribution in [2.45, 2.75) is 24.6 Å². The Labute approximate surface area is 75.9 Å². The van der Waals surface area contributed by atoms with Crippen molar-refractivity contribution in [3.8, 4) is 12.3 Å². The van der Waals surface area contributed by atoms with E-state index in [-0.39, 0.29) is 13.2 Å². The molecule has 4 atom stereocenters. The fraction of sp³-hybridized carbons (Fsp3) is 0.750. The first-order valence-corrected chi connectivity index (χ1v) is 3.88. The first-order valence-electron chi connectivity index (χ1n) is 3.88. The van der Waals surface area contributed by atoms with E-state index in [1.54, 1.807) is 0 Å². The maximum absolute atomic E-state index is 9.31. The number of terminal acetylenes is 1. The summed E-state index contributed by atoms with van der Waals surface area (Å²) < 4.78 is 9.86. The highest BCUT2D eigenvalue weighted by molar-refractivity contribution is 4.88. The minimum atomic E-state index is -1.16. The second-order valence-electron chi connectivity index (χ2n) is 2.72. The summed E-state index contributed by atoms with van der Waals surface area (Å²) in [6.45, 7) is -0.374. The Bertz CT molecular complexity index is 199. The van der Waals surface area contributed by atoms with Gasteiger partial charge in [-0.25, -0.2) is 0 Å². The van der Waals surface area contributed by atoms with Crippen molar-refractivity contribution in [1.29, 1.82) is 0 Å². The maximum Gasteiger partial charge on any atom is 0.187 e. The van der Waals surface area contributed by atoms with E-state index >= 15 is 0 Å². The lowest BCUT2D eigenvalue weighted by Crippen LogP contribution is -2.34. The molecule has 1 fully saturated rings. The van der Waals surface area contributed by atoms with Crippen LogP contribution in [0.1, 0.15) is 0 Å². The van der Waals surface area contributed by atoms with Gasteiger partial charge < -0.3 is 24.8 Å². The SMILES string of the molecule is C#CCO[C@@H]1O[C@H](CO)[C@@H](O)[C@@H]1O. The first-order chi connectivity index (χ1) is 6.20. The molecule has 0 amide bonds. The van der Waals surface area contributed by atoms with Gasteiger partial charge in [0.15, 0.2) is 6.29 Å². The minimum absolute atomic E-state index is 0.00735. The summed E-state index contributed by atoms with van der Waals surface area (Å²) in [6, 6.07) is 0. The molecule has 1 aliphatic heterocycles. The Balaban J connectivity index is 2.46. The quantitative estimate of drug-likeness (QED) is 0.450. The van der Waals surface area contributed by atoms with Gasteiger partial charge in [0.05, 0.1) is 6.61 Å². The summed E-state index contributed by atoms with van der Waals surface area (Å²) >= 11 is 0. The Hall–Kier alpha value is -0.640. The summed E-state index contributed by atoms with van der Waals surface area (Å²) in [7, 11) is 0. The van der Waals surface area contributed by atoms with Gasteiger partial charge in [-0.15, -0.1) is 6.42 Å². The van der Waals surface area contributed by atoms with E-state index in [0.29, 0.717) is 0 Å². The highest BCUT2D eigenvalue weighted by atomic mass is 16.7. The average molecular weight is 188 g/mol. The molecule has 0 radical (unpaired) electrons. The van der Waals surface area contributed by atoms with Crippen molar-refractivity contribution in [2.75, 3.05) is 13.2 Å². The lowest BCUT2D eigenvalue weighted by Gasteiger charge is -2.13. The van der Waals surface area contributed by atoms with E-state index in [2.05, 4.69) is 5.92 Å². The van der Waals surface area contributed by atoms with Gasteiger partial charge in [0.2, 0.25) is 0 Å². The van der Waals surface area contributed by atoms with Crippen LogP contribution in [0.4, 0.5) is 0 Å². The predicted octanol–water partition coefficient (Wildman–Crippen LogP) is -1.92. The largest absolute Gasteiger partial charge is 0.394 e. The summed E-state index contributed by atoms with van der Waals surface area (Å²) in [6.07, 6.45) is 0.874. The summed E-state index contributed by atoms with van der Waals surface area (Å²) in [5.74, 6) is 2.21. The molecule has 0 aromatic carbocycles. The zero-order valence-electron chi connectivity index (χ0n) is 6.96. The molecule has 0 bridgehead atoms. The maximum atomic E-state index is 9.31. The van der Waals surface area contributed by atoms with Crippen molar-refractivity contribution in [3.63, 3.8) is 0 Å². The second-order valence-corrected chi connectivity index (χ2v) is 2.72. The Morgan fingerprint density at radius 2 is 2.08 bits per heavy atom. The van der Waals surface area contributed by atoms with Gasteiger partial charge in [0.25, 0.3) is 0 Å². The zero-order chi connectivity index (χ0) is 9.84. The molecule has 0 saturated carbocycles. The molecule has 1 aliphatic rings. The molecule has 0 aromatic rings. The van der Waals surface area contributed by atoms with E-state index in [0.717, 1.165) is 0 Å². The van der Waals surface area contributed by atoms with E-state index < -0.39 is 24.6 Å². The van der Waals surface area contributed by atoms with Crippen molar-refractivity contribution in [2.24, 2.45) is 0 Å². The Morgan fingerprint density at radius 3 is 2.54 bits per heavy atom. The third-order valence-corrected chi connectivity index (χ3v) is 1.83. The molecular weight excluding hydrogens is 176 g/mol. The standard InChI is InChI=1S/C8H12O5/c1-2-3-12-8-7(11)6(10)5(4-9)13-8/h1,5-11H,3-4H2/t5-,6-,7+,8-/m1/s1. The van der Waals surface area contributed by atoms with Gasteiger partial charge in [-0.1, -0.05) is 5.92 Å². The summed E-state index contributed by atoms with van der Waals surface area (Å²) in [5, 5.41) is 27.3. The molecule has 1 heterocycles. The third kappa shape index (κ3) is 2.18. The highest BCUT2D eigenvalue weighted by Gasteiger charge is 2.42. The number of hydrogen-bond donors (Lipinski definition) is 3. The van der Waals surface area contributed by atoms with Crippen LogP contribution in [-0.4, -0.2) is 53.1 Å². The van der Waals surface area contributed by atoms with E-state index in [1.165, 1.54) is 0 Å². The molecule has 0 aromatic heterocycles. The average Bonchev–Trinajstić information content (AvgIpc) is 2.41. The number of rotatable bonds is 3. The van der Waals surface area contributed by atoms with Crippen molar-refractivity contribution < 1.29 is 24.8 Å². The topological polar surface area (TPSA) is 79.2 Å². The second kappa shape index (κ2) is 4.56. The van der Waals surface area contributed by atoms with Gasteiger partial charge in [-0.3, -0.25) is 0 Å². The van der Waals surface area contributed by atoms with Crippen LogP contribution in [0.2, 0.25) is 0 Å². The van der Waals surface area contributed by atoms with Crippen LogP contribution in [0.5, 0.6) is 0 Å². The molecule has 5 heteroatoms. The Kier molecular flexibility index (Phi) is 3.66. The Morgan fingerprint density at radius 1 is 1.38 bits per heavy atom. The monoisotopic (exact) mass is 188 g/mol. The molecule has 0 unspecified atom stereocenters. The molecule has 0 aliphatic carbocycles. The molecule has 13 heavy (non-hydrogen) atoms. The number of ether oxygens (including phenoxy) is 2. The van der Waals surface area contributed by atoms with Crippen LogP contribution < -0.4 is 0 Å². The predicted molar refractivity (Wildman–Crippen MR) is 42.5 cm³/mol. The van der Waals surface area contributed by atoms with E-state index in [4.69, 9.17) is 21.0 Å².